The number of hydrogen-bond donors (Lipinski definition) is 2. The van der Waals surface area contributed by atoms with Crippen molar-refractivity contribution in [1.29, 1.82) is 0 Å². The average Bonchev–Trinajstić information content (AvgIpc) is 3.22. The van der Waals surface area contributed by atoms with Crippen LogP contribution in [0.4, 0.5) is 0 Å². The van der Waals surface area contributed by atoms with Crippen LogP contribution in [0.3, 0.4) is 0 Å². The third kappa shape index (κ3) is 31.3. The summed E-state index contributed by atoms with van der Waals surface area (Å²) in [7, 11) is 0. The minimum absolute atomic E-state index is 0.113. The second-order valence-electron chi connectivity index (χ2n) is 19.0. The van der Waals surface area contributed by atoms with Crippen molar-refractivity contribution in [3.05, 3.63) is 0 Å². The molecule has 342 valence electrons. The monoisotopic (exact) mass is 804 g/mol. The molecule has 1 atom stereocenters. The zero-order valence-electron chi connectivity index (χ0n) is 40.3. The Morgan fingerprint density at radius 2 is 0.754 bits per heavy atom. The van der Waals surface area contributed by atoms with E-state index in [0.29, 0.717) is 0 Å². The van der Waals surface area contributed by atoms with Gasteiger partial charge in [-0.25, -0.2) is 0 Å². The van der Waals surface area contributed by atoms with E-state index >= 15 is 0 Å². The fourth-order valence-corrected chi connectivity index (χ4v) is 9.57. The van der Waals surface area contributed by atoms with Gasteiger partial charge in [-0.3, -0.25) is 9.80 Å². The largest absolute Gasteiger partial charge is 0.326 e. The molecule has 57 heavy (non-hydrogen) atoms. The molecule has 1 heterocycles. The van der Waals surface area contributed by atoms with E-state index < -0.39 is 0 Å². The van der Waals surface area contributed by atoms with Crippen LogP contribution in [0.15, 0.2) is 0 Å². The standard InChI is InChI=1S/C52H109N5/c1-6-11-16-21-23-25-27-29-31-36-42-55(43-37-32-30-28-26-24-22-17-12-7-2)45-48-57-49-46-56(47-50-57)44-41-54-52(39-34-19-14-9-4,40-35-20-15-10-5)51(53)38-33-18-13-8-3/h51,54H,6-50,53H2,1-5H3. The molecule has 0 bridgehead atoms. The molecule has 3 N–H and O–H groups in total. The van der Waals surface area contributed by atoms with Crippen molar-refractivity contribution in [2.24, 2.45) is 5.73 Å². The van der Waals surface area contributed by atoms with Crippen LogP contribution < -0.4 is 11.1 Å². The lowest BCUT2D eigenvalue weighted by molar-refractivity contribution is 0.112. The fourth-order valence-electron chi connectivity index (χ4n) is 9.57. The molecular weight excluding hydrogens is 695 g/mol. The van der Waals surface area contributed by atoms with Crippen molar-refractivity contribution in [3.63, 3.8) is 0 Å². The zero-order chi connectivity index (χ0) is 41.3. The maximum absolute atomic E-state index is 7.23. The van der Waals surface area contributed by atoms with Crippen LogP contribution in [0.1, 0.15) is 259 Å². The first-order chi connectivity index (χ1) is 28.0. The van der Waals surface area contributed by atoms with Gasteiger partial charge in [-0.15, -0.1) is 0 Å². The van der Waals surface area contributed by atoms with Crippen molar-refractivity contribution in [1.82, 2.24) is 20.0 Å². The summed E-state index contributed by atoms with van der Waals surface area (Å²) >= 11 is 0. The summed E-state index contributed by atoms with van der Waals surface area (Å²) in [6.07, 6.45) is 48.4. The lowest BCUT2D eigenvalue weighted by Crippen LogP contribution is -2.60. The van der Waals surface area contributed by atoms with Crippen molar-refractivity contribution < 1.29 is 0 Å². The predicted molar refractivity (Wildman–Crippen MR) is 258 cm³/mol. The predicted octanol–water partition coefficient (Wildman–Crippen LogP) is 14.3. The number of piperazine rings is 1. The third-order valence-corrected chi connectivity index (χ3v) is 13.8. The van der Waals surface area contributed by atoms with Crippen LogP contribution in [0.2, 0.25) is 0 Å². The van der Waals surface area contributed by atoms with Gasteiger partial charge in [0.15, 0.2) is 0 Å². The Morgan fingerprint density at radius 1 is 0.421 bits per heavy atom. The maximum Gasteiger partial charge on any atom is 0.0333 e. The van der Waals surface area contributed by atoms with E-state index in [4.69, 9.17) is 5.73 Å². The van der Waals surface area contributed by atoms with Crippen LogP contribution in [-0.4, -0.2) is 91.7 Å². The molecule has 5 nitrogen and oxygen atoms in total. The number of nitrogens with two attached hydrogens (primary N) is 1. The van der Waals surface area contributed by atoms with Crippen LogP contribution in [0, 0.1) is 0 Å². The first-order valence-corrected chi connectivity index (χ1v) is 26.7. The van der Waals surface area contributed by atoms with E-state index in [1.807, 2.05) is 0 Å². The highest BCUT2D eigenvalue weighted by Gasteiger charge is 2.35. The van der Waals surface area contributed by atoms with Gasteiger partial charge in [0, 0.05) is 63.9 Å². The summed E-state index contributed by atoms with van der Waals surface area (Å²) in [5, 5.41) is 4.23. The quantitative estimate of drug-likeness (QED) is 0.0601. The highest BCUT2D eigenvalue weighted by molar-refractivity contribution is 4.97. The summed E-state index contributed by atoms with van der Waals surface area (Å²) in [4.78, 5) is 8.39. The van der Waals surface area contributed by atoms with Crippen LogP contribution in [-0.2, 0) is 0 Å². The first-order valence-electron chi connectivity index (χ1n) is 26.7. The van der Waals surface area contributed by atoms with E-state index in [1.165, 1.54) is 284 Å². The average molecular weight is 804 g/mol. The lowest BCUT2D eigenvalue weighted by Gasteiger charge is -2.42. The summed E-state index contributed by atoms with van der Waals surface area (Å²) in [6.45, 7) is 24.0. The van der Waals surface area contributed by atoms with E-state index in [1.54, 1.807) is 0 Å². The molecule has 0 saturated carbocycles. The normalized spacial score (nSPS) is 15.0. The number of rotatable bonds is 45. The number of unbranched alkanes of at least 4 members (excludes halogenated alkanes) is 27. The highest BCUT2D eigenvalue weighted by atomic mass is 15.3. The van der Waals surface area contributed by atoms with E-state index in [-0.39, 0.29) is 11.6 Å². The topological polar surface area (TPSA) is 47.8 Å². The molecule has 1 fully saturated rings. The van der Waals surface area contributed by atoms with E-state index in [9.17, 15) is 0 Å². The minimum atomic E-state index is 0.113. The highest BCUT2D eigenvalue weighted by Crippen LogP contribution is 2.29. The fraction of sp³-hybridized carbons (Fsp3) is 1.00. The van der Waals surface area contributed by atoms with Crippen LogP contribution in [0.5, 0.6) is 0 Å². The van der Waals surface area contributed by atoms with Gasteiger partial charge in [0.1, 0.15) is 0 Å². The van der Waals surface area contributed by atoms with Gasteiger partial charge < -0.3 is 16.0 Å². The Kier molecular flexibility index (Phi) is 39.6. The molecule has 0 aromatic carbocycles. The second-order valence-corrected chi connectivity index (χ2v) is 19.0. The van der Waals surface area contributed by atoms with E-state index in [2.05, 4.69) is 54.6 Å². The molecule has 1 aliphatic rings. The third-order valence-electron chi connectivity index (χ3n) is 13.8. The van der Waals surface area contributed by atoms with Crippen molar-refractivity contribution in [2.45, 2.75) is 271 Å². The van der Waals surface area contributed by atoms with Gasteiger partial charge in [-0.1, -0.05) is 227 Å². The van der Waals surface area contributed by atoms with Gasteiger partial charge in [0.25, 0.3) is 0 Å². The minimum Gasteiger partial charge on any atom is -0.326 e. The zero-order valence-corrected chi connectivity index (χ0v) is 40.3. The summed E-state index contributed by atoms with van der Waals surface area (Å²) < 4.78 is 0. The summed E-state index contributed by atoms with van der Waals surface area (Å²) in [5.41, 5.74) is 7.34. The molecule has 0 aliphatic carbocycles. The van der Waals surface area contributed by atoms with Gasteiger partial charge in [0.05, 0.1) is 0 Å². The van der Waals surface area contributed by atoms with E-state index in [0.717, 1.165) is 6.54 Å². The van der Waals surface area contributed by atoms with Gasteiger partial charge in [0.2, 0.25) is 0 Å². The summed E-state index contributed by atoms with van der Waals surface area (Å²) in [6, 6.07) is 0.276. The Balaban J connectivity index is 2.59. The number of nitrogens with one attached hydrogen (secondary N) is 1. The van der Waals surface area contributed by atoms with Gasteiger partial charge in [-0.05, 0) is 45.2 Å². The first kappa shape index (κ1) is 54.8. The molecular formula is C52H109N5. The molecule has 1 aliphatic heterocycles. The Bertz CT molecular complexity index is 746. The molecule has 1 rings (SSSR count). The molecule has 0 aromatic heterocycles. The van der Waals surface area contributed by atoms with Crippen LogP contribution in [0.25, 0.3) is 0 Å². The molecule has 0 radical (unpaired) electrons. The Morgan fingerprint density at radius 3 is 1.16 bits per heavy atom. The molecule has 1 saturated heterocycles. The van der Waals surface area contributed by atoms with Gasteiger partial charge in [-0.2, -0.15) is 0 Å². The molecule has 1 unspecified atom stereocenters. The lowest BCUT2D eigenvalue weighted by atomic mass is 9.78. The van der Waals surface area contributed by atoms with Crippen molar-refractivity contribution in [3.8, 4) is 0 Å². The maximum atomic E-state index is 7.23. The molecule has 0 spiro atoms. The molecule has 0 aromatic rings. The van der Waals surface area contributed by atoms with Crippen LogP contribution >= 0.6 is 0 Å². The van der Waals surface area contributed by atoms with Gasteiger partial charge >= 0.3 is 0 Å². The molecule has 5 heteroatoms. The Labute approximate surface area is 361 Å². The SMILES string of the molecule is CCCCCCCCCCCCN(CCCCCCCCCCCC)CCN1CCN(CCNC(CCCCCC)(CCCCCC)C(N)CCCCCC)CC1. The number of hydrogen-bond acceptors (Lipinski definition) is 5. The van der Waals surface area contributed by atoms with Crippen molar-refractivity contribution in [2.75, 3.05) is 65.4 Å². The smallest absolute Gasteiger partial charge is 0.0333 e. The van der Waals surface area contributed by atoms with Crippen molar-refractivity contribution >= 4 is 0 Å². The second kappa shape index (κ2) is 41.2. The molecule has 0 amide bonds. The summed E-state index contributed by atoms with van der Waals surface area (Å²) in [5.74, 6) is 0. The number of nitrogens with zero attached hydrogens (tertiary/aromatic N) is 3. The Hall–Kier alpha value is -0.200.